The number of nitrogens with zero attached hydrogens (tertiary/aromatic N) is 3. The summed E-state index contributed by atoms with van der Waals surface area (Å²) in [6.07, 6.45) is 2.95. The van der Waals surface area contributed by atoms with Crippen LogP contribution in [0.1, 0.15) is 12.7 Å². The lowest BCUT2D eigenvalue weighted by atomic mass is 10.3. The van der Waals surface area contributed by atoms with Gasteiger partial charge in [0, 0.05) is 12.0 Å². The second kappa shape index (κ2) is 4.23. The van der Waals surface area contributed by atoms with E-state index in [1.807, 2.05) is 6.92 Å². The summed E-state index contributed by atoms with van der Waals surface area (Å²) in [4.78, 5) is 13.9. The number of aromatic nitrogens is 2. The Kier molecular flexibility index (Phi) is 3.24. The van der Waals surface area contributed by atoms with Crippen molar-refractivity contribution in [3.63, 3.8) is 0 Å². The summed E-state index contributed by atoms with van der Waals surface area (Å²) in [5.41, 5.74) is 0.912. The van der Waals surface area contributed by atoms with Gasteiger partial charge in [-0.25, -0.2) is 9.55 Å². The first-order valence-corrected chi connectivity index (χ1v) is 4.49. The fourth-order valence-electron chi connectivity index (χ4n) is 0.977. The van der Waals surface area contributed by atoms with Crippen molar-refractivity contribution in [1.82, 2.24) is 9.55 Å². The Hall–Kier alpha value is -1.36. The van der Waals surface area contributed by atoms with Gasteiger partial charge in [0.25, 0.3) is 0 Å². The summed E-state index contributed by atoms with van der Waals surface area (Å²) in [6, 6.07) is 0. The number of hydrogen-bond donors (Lipinski definition) is 0. The zero-order valence-corrected chi connectivity index (χ0v) is 8.65. The fourth-order valence-corrected chi connectivity index (χ4v) is 1.05. The predicted octanol–water partition coefficient (Wildman–Crippen LogP) is 1.97. The van der Waals surface area contributed by atoms with Gasteiger partial charge >= 0.3 is 5.82 Å². The van der Waals surface area contributed by atoms with E-state index >= 15 is 0 Å². The highest BCUT2D eigenvalue weighted by Gasteiger charge is 2.14. The molecule has 0 aromatic carbocycles. The van der Waals surface area contributed by atoms with Crippen molar-refractivity contribution in [2.75, 3.05) is 5.88 Å². The Balaban J connectivity index is 3.07. The summed E-state index contributed by atoms with van der Waals surface area (Å²) in [5, 5.41) is 10.5. The van der Waals surface area contributed by atoms with Gasteiger partial charge < -0.3 is 10.1 Å². The average Bonchev–Trinajstić information content (AvgIpc) is 2.48. The number of halogens is 1. The molecular weight excluding hydrogens is 206 g/mol. The molecular formula is C8H10ClN3O2. The lowest BCUT2D eigenvalue weighted by molar-refractivity contribution is -0.391. The van der Waals surface area contributed by atoms with Crippen molar-refractivity contribution in [2.45, 2.75) is 6.92 Å². The standard InChI is InChI=1S/C8H10ClN3O2/c1-6(4-9)3-7-10-5-8(11(7)2)12(13)14/h3,5H,4H2,1-2H3/b6-3-. The number of imidazole rings is 1. The molecule has 76 valence electrons. The first-order valence-electron chi connectivity index (χ1n) is 3.95. The monoisotopic (exact) mass is 215 g/mol. The summed E-state index contributed by atoms with van der Waals surface area (Å²) in [7, 11) is 1.60. The van der Waals surface area contributed by atoms with Gasteiger partial charge in [-0.05, 0) is 11.8 Å². The highest BCUT2D eigenvalue weighted by atomic mass is 35.5. The van der Waals surface area contributed by atoms with E-state index in [2.05, 4.69) is 4.98 Å². The van der Waals surface area contributed by atoms with Crippen molar-refractivity contribution < 1.29 is 4.92 Å². The molecule has 0 fully saturated rings. The SMILES string of the molecule is C/C(=C/c1ncc([N+](=O)[O-])n1C)CCl. The number of allylic oxidation sites excluding steroid dienone is 1. The Morgan fingerprint density at radius 2 is 2.50 bits per heavy atom. The van der Waals surface area contributed by atoms with Gasteiger partial charge in [0.2, 0.25) is 5.82 Å². The van der Waals surface area contributed by atoms with Gasteiger partial charge in [0.05, 0.1) is 7.05 Å². The number of hydrogen-bond acceptors (Lipinski definition) is 3. The molecule has 0 radical (unpaired) electrons. The number of nitro groups is 1. The van der Waals surface area contributed by atoms with Crippen LogP contribution >= 0.6 is 11.6 Å². The quantitative estimate of drug-likeness (QED) is 0.440. The maximum absolute atomic E-state index is 10.5. The van der Waals surface area contributed by atoms with E-state index < -0.39 is 4.92 Å². The minimum atomic E-state index is -0.472. The molecule has 1 heterocycles. The van der Waals surface area contributed by atoms with Gasteiger partial charge in [-0.3, -0.25) is 0 Å². The molecule has 0 unspecified atom stereocenters. The molecule has 0 aliphatic heterocycles. The largest absolute Gasteiger partial charge is 0.358 e. The molecule has 0 saturated carbocycles. The number of alkyl halides is 1. The first kappa shape index (κ1) is 10.7. The molecule has 0 bridgehead atoms. The molecule has 1 rings (SSSR count). The van der Waals surface area contributed by atoms with Crippen LogP contribution in [-0.2, 0) is 7.05 Å². The third-order valence-electron chi connectivity index (χ3n) is 1.77. The molecule has 0 amide bonds. The van der Waals surface area contributed by atoms with Gasteiger partial charge in [-0.15, -0.1) is 11.6 Å². The highest BCUT2D eigenvalue weighted by Crippen LogP contribution is 2.14. The highest BCUT2D eigenvalue weighted by molar-refractivity contribution is 6.19. The summed E-state index contributed by atoms with van der Waals surface area (Å²) < 4.78 is 1.41. The third-order valence-corrected chi connectivity index (χ3v) is 2.19. The van der Waals surface area contributed by atoms with Crippen molar-refractivity contribution in [3.05, 3.63) is 27.7 Å². The van der Waals surface area contributed by atoms with Crippen molar-refractivity contribution >= 4 is 23.5 Å². The molecule has 5 nitrogen and oxygen atoms in total. The summed E-state index contributed by atoms with van der Waals surface area (Å²) in [5.74, 6) is 0.897. The summed E-state index contributed by atoms with van der Waals surface area (Å²) in [6.45, 7) is 1.84. The van der Waals surface area contributed by atoms with Gasteiger partial charge in [0.15, 0.2) is 0 Å². The van der Waals surface area contributed by atoms with E-state index in [4.69, 9.17) is 11.6 Å². The van der Waals surface area contributed by atoms with Gasteiger partial charge in [0.1, 0.15) is 6.20 Å². The Morgan fingerprint density at radius 3 is 2.93 bits per heavy atom. The molecule has 0 saturated heterocycles. The van der Waals surface area contributed by atoms with Crippen LogP contribution in [0.25, 0.3) is 6.08 Å². The van der Waals surface area contributed by atoms with Gasteiger partial charge in [-0.1, -0.05) is 5.57 Å². The molecule has 0 aliphatic carbocycles. The fraction of sp³-hybridized carbons (Fsp3) is 0.375. The van der Waals surface area contributed by atoms with E-state index in [1.165, 1.54) is 10.8 Å². The van der Waals surface area contributed by atoms with Crippen LogP contribution in [0.5, 0.6) is 0 Å². The minimum absolute atomic E-state index is 0.0291. The molecule has 0 atom stereocenters. The van der Waals surface area contributed by atoms with Crippen molar-refractivity contribution in [2.24, 2.45) is 7.05 Å². The molecule has 14 heavy (non-hydrogen) atoms. The van der Waals surface area contributed by atoms with Crippen LogP contribution in [-0.4, -0.2) is 20.4 Å². The molecule has 0 N–H and O–H groups in total. The van der Waals surface area contributed by atoms with Crippen LogP contribution in [0.15, 0.2) is 11.8 Å². The normalized spacial score (nSPS) is 11.8. The van der Waals surface area contributed by atoms with E-state index in [-0.39, 0.29) is 5.82 Å². The van der Waals surface area contributed by atoms with E-state index in [1.54, 1.807) is 13.1 Å². The zero-order chi connectivity index (χ0) is 10.7. The van der Waals surface area contributed by atoms with Crippen LogP contribution in [0.3, 0.4) is 0 Å². The molecule has 1 aromatic rings. The third kappa shape index (κ3) is 2.11. The zero-order valence-electron chi connectivity index (χ0n) is 7.90. The lowest BCUT2D eigenvalue weighted by Crippen LogP contribution is -1.99. The van der Waals surface area contributed by atoms with Crippen LogP contribution in [0.2, 0.25) is 0 Å². The molecule has 0 spiro atoms. The lowest BCUT2D eigenvalue weighted by Gasteiger charge is -1.95. The maximum Gasteiger partial charge on any atom is 0.342 e. The summed E-state index contributed by atoms with van der Waals surface area (Å²) >= 11 is 5.58. The maximum atomic E-state index is 10.5. The predicted molar refractivity (Wildman–Crippen MR) is 54.2 cm³/mol. The topological polar surface area (TPSA) is 61.0 Å². The van der Waals surface area contributed by atoms with Crippen LogP contribution in [0, 0.1) is 10.1 Å². The average molecular weight is 216 g/mol. The van der Waals surface area contributed by atoms with E-state index in [0.29, 0.717) is 11.7 Å². The number of rotatable bonds is 3. The van der Waals surface area contributed by atoms with Crippen LogP contribution in [0.4, 0.5) is 5.82 Å². The van der Waals surface area contributed by atoms with Gasteiger partial charge in [-0.2, -0.15) is 0 Å². The Bertz CT molecular complexity index is 384. The second-order valence-corrected chi connectivity index (χ2v) is 3.18. The van der Waals surface area contributed by atoms with Crippen molar-refractivity contribution in [1.29, 1.82) is 0 Å². The van der Waals surface area contributed by atoms with E-state index in [0.717, 1.165) is 5.57 Å². The van der Waals surface area contributed by atoms with Crippen molar-refractivity contribution in [3.8, 4) is 0 Å². The molecule has 0 aliphatic rings. The minimum Gasteiger partial charge on any atom is -0.358 e. The first-order chi connectivity index (χ1) is 6.56. The van der Waals surface area contributed by atoms with E-state index in [9.17, 15) is 10.1 Å². The van der Waals surface area contributed by atoms with Crippen LogP contribution < -0.4 is 0 Å². The second-order valence-electron chi connectivity index (χ2n) is 2.92. The molecule has 6 heteroatoms. The Morgan fingerprint density at radius 1 is 1.86 bits per heavy atom. The molecule has 1 aromatic heterocycles. The smallest absolute Gasteiger partial charge is 0.342 e. The Labute approximate surface area is 86.2 Å².